The summed E-state index contributed by atoms with van der Waals surface area (Å²) in [4.78, 5) is 42.8. The van der Waals surface area contributed by atoms with Crippen LogP contribution >= 0.6 is 0 Å². The molecule has 2 fully saturated rings. The minimum Gasteiger partial charge on any atom is -0.438 e. The van der Waals surface area contributed by atoms with E-state index in [2.05, 4.69) is 5.32 Å². The normalized spacial score (nSPS) is 19.2. The molecule has 2 aliphatic heterocycles. The fourth-order valence-electron chi connectivity index (χ4n) is 5.24. The number of likely N-dealkylation sites (tertiary alicyclic amines) is 1. The van der Waals surface area contributed by atoms with E-state index in [4.69, 9.17) is 4.74 Å². The van der Waals surface area contributed by atoms with Crippen LogP contribution in [-0.2, 0) is 27.3 Å². The van der Waals surface area contributed by atoms with Crippen molar-refractivity contribution >= 4 is 23.6 Å². The molecule has 0 radical (unpaired) electrons. The minimum atomic E-state index is -0.750. The number of amides is 3. The number of benzene rings is 3. The number of hydrogen-bond acceptors (Lipinski definition) is 4. The van der Waals surface area contributed by atoms with Crippen LogP contribution < -0.4 is 5.32 Å². The summed E-state index contributed by atoms with van der Waals surface area (Å²) in [5.74, 6) is -0.188. The number of anilines is 1. The number of piperidine rings is 1. The number of rotatable bonds is 7. The van der Waals surface area contributed by atoms with Crippen molar-refractivity contribution in [3.8, 4) is 0 Å². The standard InChI is InChI=1S/C31H33N3O4/c1-22-9-8-12-24(19-22)21-34-28(30(36)33-17-6-3-7-18-33)29(38-31(34)37)25-13-15-26(16-14-25)32-27(35)20-23-10-4-2-5-11-23/h2,4-5,8-16,19,28-29H,3,6-7,17-18,20-21H2,1H3,(H,32,35). The number of cyclic esters (lactones) is 1. The van der Waals surface area contributed by atoms with E-state index in [0.29, 0.717) is 25.3 Å². The third-order valence-electron chi connectivity index (χ3n) is 7.17. The molecule has 0 aliphatic carbocycles. The van der Waals surface area contributed by atoms with E-state index in [0.717, 1.165) is 41.5 Å². The van der Waals surface area contributed by atoms with E-state index in [1.165, 1.54) is 0 Å². The number of hydrogen-bond donors (Lipinski definition) is 1. The van der Waals surface area contributed by atoms with E-state index in [1.54, 1.807) is 17.0 Å². The van der Waals surface area contributed by atoms with Crippen molar-refractivity contribution in [3.63, 3.8) is 0 Å². The summed E-state index contributed by atoms with van der Waals surface area (Å²) in [5, 5.41) is 2.92. The molecule has 0 bridgehead atoms. The van der Waals surface area contributed by atoms with Crippen molar-refractivity contribution in [1.29, 1.82) is 0 Å². The predicted octanol–water partition coefficient (Wildman–Crippen LogP) is 5.25. The largest absolute Gasteiger partial charge is 0.438 e. The maximum atomic E-state index is 13.8. The van der Waals surface area contributed by atoms with Crippen LogP contribution in [0, 0.1) is 6.92 Å². The van der Waals surface area contributed by atoms with Crippen molar-refractivity contribution < 1.29 is 19.1 Å². The SMILES string of the molecule is Cc1cccc(CN2C(=O)OC(c3ccc(NC(=O)Cc4ccccc4)cc3)C2C(=O)N2CCCCC2)c1. The summed E-state index contributed by atoms with van der Waals surface area (Å²) in [5.41, 5.74) is 4.36. The highest BCUT2D eigenvalue weighted by Crippen LogP contribution is 2.36. The zero-order valence-corrected chi connectivity index (χ0v) is 21.6. The van der Waals surface area contributed by atoms with Crippen molar-refractivity contribution in [2.24, 2.45) is 0 Å². The third kappa shape index (κ3) is 5.88. The molecule has 0 spiro atoms. The van der Waals surface area contributed by atoms with Crippen molar-refractivity contribution in [2.75, 3.05) is 18.4 Å². The van der Waals surface area contributed by atoms with E-state index in [1.807, 2.05) is 78.6 Å². The van der Waals surface area contributed by atoms with E-state index >= 15 is 0 Å². The molecule has 2 atom stereocenters. The second-order valence-corrected chi connectivity index (χ2v) is 10.1. The highest BCUT2D eigenvalue weighted by molar-refractivity contribution is 5.92. The van der Waals surface area contributed by atoms with Gasteiger partial charge in [-0.15, -0.1) is 0 Å². The zero-order chi connectivity index (χ0) is 26.5. The van der Waals surface area contributed by atoms with Gasteiger partial charge in [0.15, 0.2) is 12.1 Å². The van der Waals surface area contributed by atoms with Gasteiger partial charge in [0.05, 0.1) is 13.0 Å². The van der Waals surface area contributed by atoms with Gasteiger partial charge in [0.2, 0.25) is 11.8 Å². The van der Waals surface area contributed by atoms with Gasteiger partial charge in [0.25, 0.3) is 0 Å². The summed E-state index contributed by atoms with van der Waals surface area (Å²) < 4.78 is 5.84. The van der Waals surface area contributed by atoms with E-state index < -0.39 is 18.2 Å². The van der Waals surface area contributed by atoms with Crippen LogP contribution in [-0.4, -0.2) is 46.8 Å². The fourth-order valence-corrected chi connectivity index (χ4v) is 5.24. The molecule has 0 saturated carbocycles. The van der Waals surface area contributed by atoms with Gasteiger partial charge in [0.1, 0.15) is 0 Å². The first kappa shape index (κ1) is 25.5. The number of carbonyl (C=O) groups is 3. The molecule has 3 aromatic carbocycles. The topological polar surface area (TPSA) is 79.0 Å². The molecule has 3 amide bonds. The monoisotopic (exact) mass is 511 g/mol. The Balaban J connectivity index is 1.35. The molecule has 7 nitrogen and oxygen atoms in total. The minimum absolute atomic E-state index is 0.0755. The van der Waals surface area contributed by atoms with Gasteiger partial charge in [-0.05, 0) is 55.0 Å². The number of ether oxygens (including phenoxy) is 1. The molecule has 1 N–H and O–H groups in total. The quantitative estimate of drug-likeness (QED) is 0.470. The molecule has 2 heterocycles. The van der Waals surface area contributed by atoms with Crippen molar-refractivity contribution in [1.82, 2.24) is 9.80 Å². The second kappa shape index (κ2) is 11.5. The lowest BCUT2D eigenvalue weighted by atomic mass is 9.98. The molecular formula is C31H33N3O4. The Kier molecular flexibility index (Phi) is 7.73. The van der Waals surface area contributed by atoms with E-state index in [-0.39, 0.29) is 18.2 Å². The molecule has 0 aromatic heterocycles. The summed E-state index contributed by atoms with van der Waals surface area (Å²) in [6.07, 6.45) is 2.10. The molecule has 2 saturated heterocycles. The molecule has 3 aromatic rings. The Hall–Kier alpha value is -4.13. The van der Waals surface area contributed by atoms with E-state index in [9.17, 15) is 14.4 Å². The van der Waals surface area contributed by atoms with Crippen LogP contribution in [0.4, 0.5) is 10.5 Å². The van der Waals surface area contributed by atoms with Gasteiger partial charge in [-0.25, -0.2) is 4.79 Å². The first-order valence-corrected chi connectivity index (χ1v) is 13.2. The van der Waals surface area contributed by atoms with Crippen LogP contribution in [0.15, 0.2) is 78.9 Å². The number of nitrogens with zero attached hydrogens (tertiary/aromatic N) is 2. The number of aryl methyl sites for hydroxylation is 1. The maximum absolute atomic E-state index is 13.8. The second-order valence-electron chi connectivity index (χ2n) is 10.1. The Labute approximate surface area is 223 Å². The van der Waals surface area contributed by atoms with Gasteiger partial charge in [0, 0.05) is 18.8 Å². The maximum Gasteiger partial charge on any atom is 0.411 e. The molecular weight excluding hydrogens is 478 g/mol. The van der Waals surface area contributed by atoms with Crippen LogP contribution in [0.1, 0.15) is 47.6 Å². The Morgan fingerprint density at radius 3 is 2.32 bits per heavy atom. The summed E-state index contributed by atoms with van der Waals surface area (Å²) >= 11 is 0. The Bertz CT molecular complexity index is 1290. The summed E-state index contributed by atoms with van der Waals surface area (Å²) in [7, 11) is 0. The smallest absolute Gasteiger partial charge is 0.411 e. The van der Waals surface area contributed by atoms with Gasteiger partial charge < -0.3 is 15.0 Å². The van der Waals surface area contributed by atoms with Crippen molar-refractivity contribution in [3.05, 3.63) is 101 Å². The van der Waals surface area contributed by atoms with Crippen LogP contribution in [0.25, 0.3) is 0 Å². The van der Waals surface area contributed by atoms with Gasteiger partial charge in [-0.1, -0.05) is 72.3 Å². The third-order valence-corrected chi connectivity index (χ3v) is 7.17. The Morgan fingerprint density at radius 2 is 1.61 bits per heavy atom. The average Bonchev–Trinajstić information content (AvgIpc) is 3.25. The molecule has 38 heavy (non-hydrogen) atoms. The molecule has 196 valence electrons. The van der Waals surface area contributed by atoms with Gasteiger partial charge in [-0.3, -0.25) is 14.5 Å². The lowest BCUT2D eigenvalue weighted by molar-refractivity contribution is -0.137. The van der Waals surface area contributed by atoms with Crippen LogP contribution in [0.2, 0.25) is 0 Å². The van der Waals surface area contributed by atoms with Crippen LogP contribution in [0.5, 0.6) is 0 Å². The molecule has 7 heteroatoms. The lowest BCUT2D eigenvalue weighted by Gasteiger charge is -2.33. The number of carbonyl (C=O) groups excluding carboxylic acids is 3. The molecule has 2 unspecified atom stereocenters. The summed E-state index contributed by atoms with van der Waals surface area (Å²) in [6, 6.07) is 24.0. The van der Waals surface area contributed by atoms with Crippen molar-refractivity contribution in [2.45, 2.75) is 51.3 Å². The van der Waals surface area contributed by atoms with Gasteiger partial charge in [-0.2, -0.15) is 0 Å². The highest BCUT2D eigenvalue weighted by atomic mass is 16.6. The lowest BCUT2D eigenvalue weighted by Crippen LogP contribution is -2.49. The van der Waals surface area contributed by atoms with Gasteiger partial charge >= 0.3 is 6.09 Å². The first-order chi connectivity index (χ1) is 18.5. The highest BCUT2D eigenvalue weighted by Gasteiger charge is 2.48. The van der Waals surface area contributed by atoms with Crippen LogP contribution in [0.3, 0.4) is 0 Å². The molecule has 5 rings (SSSR count). The fraction of sp³-hybridized carbons (Fsp3) is 0.323. The average molecular weight is 512 g/mol. The number of nitrogens with one attached hydrogen (secondary N) is 1. The zero-order valence-electron chi connectivity index (χ0n) is 21.6. The summed E-state index contributed by atoms with van der Waals surface area (Å²) in [6.45, 7) is 3.70. The predicted molar refractivity (Wildman–Crippen MR) is 145 cm³/mol. The first-order valence-electron chi connectivity index (χ1n) is 13.2. The Morgan fingerprint density at radius 1 is 0.895 bits per heavy atom. The molecule has 2 aliphatic rings.